The van der Waals surface area contributed by atoms with Crippen molar-refractivity contribution in [2.75, 3.05) is 0 Å². The van der Waals surface area contributed by atoms with E-state index in [-0.39, 0.29) is 5.92 Å². The van der Waals surface area contributed by atoms with E-state index in [1.165, 1.54) is 56.1 Å². The van der Waals surface area contributed by atoms with E-state index < -0.39 is 0 Å². The second-order valence-electron chi connectivity index (χ2n) is 5.15. The SMILES string of the molecule is C#CC(C)c1ccc(CCCCCCCC)cc1. The third-order valence-corrected chi connectivity index (χ3v) is 3.55. The molecule has 0 saturated heterocycles. The molecule has 0 nitrogen and oxygen atoms in total. The molecule has 0 aliphatic rings. The summed E-state index contributed by atoms with van der Waals surface area (Å²) in [4.78, 5) is 0. The minimum absolute atomic E-state index is 0.230. The molecule has 0 spiro atoms. The zero-order valence-corrected chi connectivity index (χ0v) is 11.9. The fraction of sp³-hybridized carbons (Fsp3) is 0.556. The molecule has 18 heavy (non-hydrogen) atoms. The average Bonchev–Trinajstić information content (AvgIpc) is 2.42. The quantitative estimate of drug-likeness (QED) is 0.427. The van der Waals surface area contributed by atoms with Crippen LogP contribution in [0.5, 0.6) is 0 Å². The molecule has 0 amide bonds. The number of benzene rings is 1. The van der Waals surface area contributed by atoms with Crippen molar-refractivity contribution >= 4 is 0 Å². The van der Waals surface area contributed by atoms with Crippen LogP contribution in [0.2, 0.25) is 0 Å². The van der Waals surface area contributed by atoms with Crippen molar-refractivity contribution in [3.63, 3.8) is 0 Å². The molecule has 0 heterocycles. The number of hydrogen-bond acceptors (Lipinski definition) is 0. The van der Waals surface area contributed by atoms with E-state index in [1.807, 2.05) is 0 Å². The van der Waals surface area contributed by atoms with Gasteiger partial charge in [-0.05, 0) is 30.9 Å². The minimum atomic E-state index is 0.230. The van der Waals surface area contributed by atoms with Gasteiger partial charge in [-0.15, -0.1) is 6.42 Å². The number of rotatable bonds is 8. The van der Waals surface area contributed by atoms with Gasteiger partial charge in [0.15, 0.2) is 0 Å². The van der Waals surface area contributed by atoms with Gasteiger partial charge in [-0.2, -0.15) is 0 Å². The lowest BCUT2D eigenvalue weighted by Gasteiger charge is -2.06. The van der Waals surface area contributed by atoms with Crippen LogP contribution in [-0.4, -0.2) is 0 Å². The van der Waals surface area contributed by atoms with Gasteiger partial charge in [-0.3, -0.25) is 0 Å². The van der Waals surface area contributed by atoms with Crippen LogP contribution < -0.4 is 0 Å². The fourth-order valence-corrected chi connectivity index (χ4v) is 2.18. The molecule has 1 aromatic carbocycles. The average molecular weight is 242 g/mol. The van der Waals surface area contributed by atoms with E-state index in [0.717, 1.165) is 0 Å². The molecule has 0 N–H and O–H groups in total. The van der Waals surface area contributed by atoms with Crippen LogP contribution in [0, 0.1) is 12.3 Å². The summed E-state index contributed by atoms with van der Waals surface area (Å²) in [6.45, 7) is 4.33. The van der Waals surface area contributed by atoms with Gasteiger partial charge in [0.1, 0.15) is 0 Å². The van der Waals surface area contributed by atoms with Crippen LogP contribution in [0.4, 0.5) is 0 Å². The van der Waals surface area contributed by atoms with Crippen molar-refractivity contribution in [1.29, 1.82) is 0 Å². The van der Waals surface area contributed by atoms with Crippen LogP contribution in [0.3, 0.4) is 0 Å². The lowest BCUT2D eigenvalue weighted by Crippen LogP contribution is -1.91. The van der Waals surface area contributed by atoms with Crippen molar-refractivity contribution < 1.29 is 0 Å². The van der Waals surface area contributed by atoms with Crippen LogP contribution >= 0.6 is 0 Å². The van der Waals surface area contributed by atoms with E-state index in [9.17, 15) is 0 Å². The van der Waals surface area contributed by atoms with Crippen LogP contribution in [-0.2, 0) is 6.42 Å². The van der Waals surface area contributed by atoms with Crippen molar-refractivity contribution in [1.82, 2.24) is 0 Å². The third-order valence-electron chi connectivity index (χ3n) is 3.55. The highest BCUT2D eigenvalue weighted by molar-refractivity contribution is 5.29. The van der Waals surface area contributed by atoms with Gasteiger partial charge in [0.25, 0.3) is 0 Å². The molecular formula is C18H26. The summed E-state index contributed by atoms with van der Waals surface area (Å²) in [6, 6.07) is 8.82. The number of aryl methyl sites for hydroxylation is 1. The summed E-state index contributed by atoms with van der Waals surface area (Å²) in [7, 11) is 0. The predicted octanol–water partition coefficient (Wildman–Crippen LogP) is 5.33. The molecule has 98 valence electrons. The summed E-state index contributed by atoms with van der Waals surface area (Å²) in [5.41, 5.74) is 2.70. The maximum Gasteiger partial charge on any atom is 0.0421 e. The molecule has 0 fully saturated rings. The van der Waals surface area contributed by atoms with Crippen molar-refractivity contribution in [2.24, 2.45) is 0 Å². The Morgan fingerprint density at radius 2 is 1.61 bits per heavy atom. The Morgan fingerprint density at radius 1 is 1.00 bits per heavy atom. The molecule has 0 heteroatoms. The number of hydrogen-bond donors (Lipinski definition) is 0. The lowest BCUT2D eigenvalue weighted by molar-refractivity contribution is 0.607. The first-order valence-corrected chi connectivity index (χ1v) is 7.33. The summed E-state index contributed by atoms with van der Waals surface area (Å²) in [5, 5.41) is 0. The second-order valence-corrected chi connectivity index (χ2v) is 5.15. The van der Waals surface area contributed by atoms with E-state index >= 15 is 0 Å². The largest absolute Gasteiger partial charge is 0.119 e. The maximum absolute atomic E-state index is 5.43. The predicted molar refractivity (Wildman–Crippen MR) is 80.8 cm³/mol. The molecule has 0 aromatic heterocycles. The molecular weight excluding hydrogens is 216 g/mol. The first-order valence-electron chi connectivity index (χ1n) is 7.33. The fourth-order valence-electron chi connectivity index (χ4n) is 2.18. The molecule has 1 unspecified atom stereocenters. The van der Waals surface area contributed by atoms with Crippen molar-refractivity contribution in [3.05, 3.63) is 35.4 Å². The van der Waals surface area contributed by atoms with Gasteiger partial charge < -0.3 is 0 Å². The van der Waals surface area contributed by atoms with Gasteiger partial charge in [0.2, 0.25) is 0 Å². The molecule has 1 aromatic rings. The topological polar surface area (TPSA) is 0 Å². The Kier molecular flexibility index (Phi) is 7.26. The Morgan fingerprint density at radius 3 is 2.22 bits per heavy atom. The Labute approximate surface area is 113 Å². The maximum atomic E-state index is 5.43. The summed E-state index contributed by atoms with van der Waals surface area (Å²) >= 11 is 0. The van der Waals surface area contributed by atoms with Gasteiger partial charge in [0.05, 0.1) is 0 Å². The normalized spacial score (nSPS) is 12.1. The van der Waals surface area contributed by atoms with Crippen molar-refractivity contribution in [2.45, 2.75) is 64.7 Å². The summed E-state index contributed by atoms with van der Waals surface area (Å²) < 4.78 is 0. The van der Waals surface area contributed by atoms with Crippen LogP contribution in [0.25, 0.3) is 0 Å². The van der Waals surface area contributed by atoms with Gasteiger partial charge in [-0.25, -0.2) is 0 Å². The molecule has 1 atom stereocenters. The highest BCUT2D eigenvalue weighted by Gasteiger charge is 2.01. The highest BCUT2D eigenvalue weighted by atomic mass is 14.0. The van der Waals surface area contributed by atoms with E-state index in [4.69, 9.17) is 6.42 Å². The van der Waals surface area contributed by atoms with Crippen LogP contribution in [0.1, 0.15) is 69.4 Å². The van der Waals surface area contributed by atoms with E-state index in [1.54, 1.807) is 0 Å². The Bertz CT molecular complexity index is 353. The third kappa shape index (κ3) is 5.41. The Balaban J connectivity index is 2.25. The second kappa shape index (κ2) is 8.81. The van der Waals surface area contributed by atoms with E-state index in [2.05, 4.69) is 44.0 Å². The van der Waals surface area contributed by atoms with E-state index in [0.29, 0.717) is 0 Å². The number of terminal acetylenes is 1. The van der Waals surface area contributed by atoms with Gasteiger partial charge in [0, 0.05) is 5.92 Å². The molecule has 0 aliphatic heterocycles. The monoisotopic (exact) mass is 242 g/mol. The van der Waals surface area contributed by atoms with Gasteiger partial charge >= 0.3 is 0 Å². The zero-order chi connectivity index (χ0) is 13.2. The first kappa shape index (κ1) is 14.8. The van der Waals surface area contributed by atoms with Crippen LogP contribution in [0.15, 0.2) is 24.3 Å². The molecule has 0 saturated carbocycles. The van der Waals surface area contributed by atoms with Gasteiger partial charge in [-0.1, -0.05) is 69.2 Å². The van der Waals surface area contributed by atoms with Crippen molar-refractivity contribution in [3.8, 4) is 12.3 Å². The first-order chi connectivity index (χ1) is 8.77. The summed E-state index contributed by atoms with van der Waals surface area (Å²) in [6.07, 6.45) is 14.8. The molecule has 0 aliphatic carbocycles. The molecule has 0 radical (unpaired) electrons. The minimum Gasteiger partial charge on any atom is -0.119 e. The smallest absolute Gasteiger partial charge is 0.0421 e. The molecule has 1 rings (SSSR count). The lowest BCUT2D eigenvalue weighted by atomic mass is 9.98. The number of unbranched alkanes of at least 4 members (excludes halogenated alkanes) is 5. The Hall–Kier alpha value is -1.22. The molecule has 0 bridgehead atoms. The summed E-state index contributed by atoms with van der Waals surface area (Å²) in [5.74, 6) is 3.00. The zero-order valence-electron chi connectivity index (χ0n) is 11.9. The standard InChI is InChI=1S/C18H26/c1-4-6-7-8-9-10-11-17-12-14-18(15-13-17)16(3)5-2/h2,12-16H,4,6-11H2,1,3H3. The highest BCUT2D eigenvalue weighted by Crippen LogP contribution is 2.16.